The third-order valence-corrected chi connectivity index (χ3v) is 2.87. The third-order valence-electron chi connectivity index (χ3n) is 2.87. The van der Waals surface area contributed by atoms with Gasteiger partial charge in [0.2, 0.25) is 0 Å². The maximum atomic E-state index is 13.0. The molecule has 6 heteroatoms. The lowest BCUT2D eigenvalue weighted by molar-refractivity contribution is -0.127. The van der Waals surface area contributed by atoms with Crippen molar-refractivity contribution in [3.8, 4) is 5.75 Å². The molecule has 0 aliphatic carbocycles. The van der Waals surface area contributed by atoms with Gasteiger partial charge in [0.25, 0.3) is 5.91 Å². The predicted molar refractivity (Wildman–Crippen MR) is 75.9 cm³/mol. The van der Waals surface area contributed by atoms with Gasteiger partial charge < -0.3 is 15.2 Å². The minimum absolute atomic E-state index is 0.0320. The summed E-state index contributed by atoms with van der Waals surface area (Å²) in [6.07, 6.45) is -0.0178. The Morgan fingerprint density at radius 3 is 2.57 bits per heavy atom. The van der Waals surface area contributed by atoms with Gasteiger partial charge in [-0.3, -0.25) is 4.79 Å². The first-order chi connectivity index (χ1) is 9.81. The molecule has 0 spiro atoms. The van der Waals surface area contributed by atoms with Gasteiger partial charge in [0.05, 0.1) is 0 Å². The molecular weight excluding hydrogens is 277 g/mol. The van der Waals surface area contributed by atoms with Crippen molar-refractivity contribution in [3.05, 3.63) is 29.6 Å². The monoisotopic (exact) mass is 297 g/mol. The number of amides is 1. The molecule has 0 saturated carbocycles. The van der Waals surface area contributed by atoms with Gasteiger partial charge in [-0.05, 0) is 37.5 Å². The van der Waals surface area contributed by atoms with Crippen molar-refractivity contribution < 1.29 is 23.8 Å². The molecular formula is C15H20FNO4. The second-order valence-corrected chi connectivity index (χ2v) is 5.18. The second kappa shape index (κ2) is 7.61. The highest BCUT2D eigenvalue weighted by molar-refractivity contribution is 5.91. The number of carbonyl (C=O) groups is 2. The molecule has 0 saturated heterocycles. The first-order valence-corrected chi connectivity index (χ1v) is 6.78. The molecule has 1 atom stereocenters. The summed E-state index contributed by atoms with van der Waals surface area (Å²) in [5.74, 6) is -1.88. The van der Waals surface area contributed by atoms with Crippen molar-refractivity contribution in [1.82, 2.24) is 5.32 Å². The predicted octanol–water partition coefficient (Wildman–Crippen LogP) is 2.45. The summed E-state index contributed by atoms with van der Waals surface area (Å²) in [7, 11) is 0. The molecule has 0 aliphatic rings. The highest BCUT2D eigenvalue weighted by Gasteiger charge is 2.19. The number of rotatable bonds is 7. The van der Waals surface area contributed by atoms with Gasteiger partial charge in [0, 0.05) is 6.54 Å². The highest BCUT2D eigenvalue weighted by atomic mass is 19.1. The molecule has 1 aromatic carbocycles. The van der Waals surface area contributed by atoms with E-state index in [0.29, 0.717) is 12.5 Å². The first kappa shape index (κ1) is 16.9. The van der Waals surface area contributed by atoms with Crippen LogP contribution in [0.3, 0.4) is 0 Å². The zero-order chi connectivity index (χ0) is 16.0. The largest absolute Gasteiger partial charge is 0.480 e. The molecule has 1 rings (SSSR count). The van der Waals surface area contributed by atoms with E-state index in [9.17, 15) is 14.0 Å². The lowest BCUT2D eigenvalue weighted by Crippen LogP contribution is -2.37. The molecule has 0 radical (unpaired) electrons. The summed E-state index contributed by atoms with van der Waals surface area (Å²) in [5, 5.41) is 11.7. The van der Waals surface area contributed by atoms with Gasteiger partial charge in [0.15, 0.2) is 6.10 Å². The van der Waals surface area contributed by atoms with E-state index in [0.717, 1.165) is 18.6 Å². The van der Waals surface area contributed by atoms with E-state index in [2.05, 4.69) is 5.32 Å². The average molecular weight is 297 g/mol. The number of carboxylic acid groups (broad SMARTS) is 1. The van der Waals surface area contributed by atoms with Gasteiger partial charge in [0.1, 0.15) is 17.1 Å². The SMILES string of the molecule is CC(C)CCNC(=O)C(C)Oc1ccc(F)cc1C(=O)O. The van der Waals surface area contributed by atoms with E-state index >= 15 is 0 Å². The van der Waals surface area contributed by atoms with E-state index in [4.69, 9.17) is 9.84 Å². The summed E-state index contributed by atoms with van der Waals surface area (Å²) >= 11 is 0. The summed E-state index contributed by atoms with van der Waals surface area (Å²) in [6.45, 7) is 6.13. The Morgan fingerprint density at radius 2 is 2.00 bits per heavy atom. The number of carboxylic acids is 1. The molecule has 2 N–H and O–H groups in total. The van der Waals surface area contributed by atoms with Crippen LogP contribution in [-0.2, 0) is 4.79 Å². The number of benzene rings is 1. The Kier molecular flexibility index (Phi) is 6.14. The van der Waals surface area contributed by atoms with E-state index in [1.807, 2.05) is 13.8 Å². The van der Waals surface area contributed by atoms with E-state index in [1.165, 1.54) is 13.0 Å². The normalized spacial score (nSPS) is 12.0. The van der Waals surface area contributed by atoms with Crippen LogP contribution in [0.4, 0.5) is 4.39 Å². The smallest absolute Gasteiger partial charge is 0.339 e. The number of nitrogens with one attached hydrogen (secondary N) is 1. The molecule has 0 fully saturated rings. The van der Waals surface area contributed by atoms with Gasteiger partial charge >= 0.3 is 5.97 Å². The number of aromatic carboxylic acids is 1. The fourth-order valence-corrected chi connectivity index (χ4v) is 1.64. The fraction of sp³-hybridized carbons (Fsp3) is 0.467. The van der Waals surface area contributed by atoms with Crippen LogP contribution in [0, 0.1) is 11.7 Å². The lowest BCUT2D eigenvalue weighted by Gasteiger charge is -2.16. The molecule has 0 heterocycles. The Morgan fingerprint density at radius 1 is 1.33 bits per heavy atom. The van der Waals surface area contributed by atoms with Crippen LogP contribution < -0.4 is 10.1 Å². The standard InChI is InChI=1S/C15H20FNO4/c1-9(2)6-7-17-14(18)10(3)21-13-5-4-11(16)8-12(13)15(19)20/h4-5,8-10H,6-7H2,1-3H3,(H,17,18)(H,19,20). The van der Waals surface area contributed by atoms with Crippen LogP contribution in [0.2, 0.25) is 0 Å². The topological polar surface area (TPSA) is 75.6 Å². The average Bonchev–Trinajstić information content (AvgIpc) is 2.39. The summed E-state index contributed by atoms with van der Waals surface area (Å²) < 4.78 is 18.4. The van der Waals surface area contributed by atoms with E-state index in [-0.39, 0.29) is 17.2 Å². The van der Waals surface area contributed by atoms with Gasteiger partial charge in [-0.2, -0.15) is 0 Å². The van der Waals surface area contributed by atoms with Gasteiger partial charge in [-0.25, -0.2) is 9.18 Å². The minimum Gasteiger partial charge on any atom is -0.480 e. The molecule has 1 unspecified atom stereocenters. The summed E-state index contributed by atoms with van der Waals surface area (Å²) in [4.78, 5) is 22.8. The number of carbonyl (C=O) groups excluding carboxylic acids is 1. The molecule has 0 aromatic heterocycles. The number of halogens is 1. The maximum Gasteiger partial charge on any atom is 0.339 e. The molecule has 0 aliphatic heterocycles. The highest BCUT2D eigenvalue weighted by Crippen LogP contribution is 2.21. The van der Waals surface area contributed by atoms with Crippen LogP contribution in [0.25, 0.3) is 0 Å². The van der Waals surface area contributed by atoms with E-state index in [1.54, 1.807) is 0 Å². The Balaban J connectivity index is 2.68. The zero-order valence-electron chi connectivity index (χ0n) is 12.4. The molecule has 5 nitrogen and oxygen atoms in total. The zero-order valence-corrected chi connectivity index (χ0v) is 12.4. The van der Waals surface area contributed by atoms with Crippen LogP contribution in [-0.4, -0.2) is 29.6 Å². The quantitative estimate of drug-likeness (QED) is 0.810. The van der Waals surface area contributed by atoms with Crippen LogP contribution in [0.15, 0.2) is 18.2 Å². The summed E-state index contributed by atoms with van der Waals surface area (Å²) in [5.41, 5.74) is -0.308. The minimum atomic E-state index is -1.31. The number of hydrogen-bond acceptors (Lipinski definition) is 3. The number of ether oxygens (including phenoxy) is 1. The van der Waals surface area contributed by atoms with Crippen molar-refractivity contribution in [3.63, 3.8) is 0 Å². The van der Waals surface area contributed by atoms with Crippen LogP contribution >= 0.6 is 0 Å². The lowest BCUT2D eigenvalue weighted by atomic mass is 10.1. The van der Waals surface area contributed by atoms with Crippen LogP contribution in [0.1, 0.15) is 37.6 Å². The number of hydrogen-bond donors (Lipinski definition) is 2. The Hall–Kier alpha value is -2.11. The van der Waals surface area contributed by atoms with Crippen LogP contribution in [0.5, 0.6) is 5.75 Å². The summed E-state index contributed by atoms with van der Waals surface area (Å²) in [6, 6.07) is 3.16. The van der Waals surface area contributed by atoms with Crippen molar-refractivity contribution >= 4 is 11.9 Å². The van der Waals surface area contributed by atoms with Crippen molar-refractivity contribution in [2.75, 3.05) is 6.54 Å². The third kappa shape index (κ3) is 5.41. The molecule has 1 amide bonds. The van der Waals surface area contributed by atoms with E-state index < -0.39 is 17.9 Å². The first-order valence-electron chi connectivity index (χ1n) is 6.78. The second-order valence-electron chi connectivity index (χ2n) is 5.18. The molecule has 21 heavy (non-hydrogen) atoms. The van der Waals surface area contributed by atoms with Crippen molar-refractivity contribution in [2.24, 2.45) is 5.92 Å². The fourth-order valence-electron chi connectivity index (χ4n) is 1.64. The van der Waals surface area contributed by atoms with Crippen molar-refractivity contribution in [1.29, 1.82) is 0 Å². The Labute approximate surface area is 123 Å². The Bertz CT molecular complexity index is 516. The molecule has 116 valence electrons. The van der Waals surface area contributed by atoms with Gasteiger partial charge in [-0.15, -0.1) is 0 Å². The van der Waals surface area contributed by atoms with Crippen molar-refractivity contribution in [2.45, 2.75) is 33.3 Å². The molecule has 0 bridgehead atoms. The molecule has 1 aromatic rings. The maximum absolute atomic E-state index is 13.0. The van der Waals surface area contributed by atoms with Gasteiger partial charge in [-0.1, -0.05) is 13.8 Å².